The highest BCUT2D eigenvalue weighted by Gasteiger charge is 2.21. The van der Waals surface area contributed by atoms with Crippen molar-refractivity contribution in [2.75, 3.05) is 13.2 Å². The molecule has 0 aromatic heterocycles. The van der Waals surface area contributed by atoms with Gasteiger partial charge in [0.25, 0.3) is 5.91 Å². The lowest BCUT2D eigenvalue weighted by atomic mass is 9.88. The van der Waals surface area contributed by atoms with Crippen molar-refractivity contribution in [3.63, 3.8) is 0 Å². The summed E-state index contributed by atoms with van der Waals surface area (Å²) in [6.07, 6.45) is 2.93. The molecule has 3 rings (SSSR count). The van der Waals surface area contributed by atoms with Gasteiger partial charge < -0.3 is 14.8 Å². The maximum absolute atomic E-state index is 12.1. The van der Waals surface area contributed by atoms with E-state index < -0.39 is 5.97 Å². The molecule has 5 nitrogen and oxygen atoms in total. The number of carbonyl (C=O) groups is 2. The number of hydrogen-bond donors (Lipinski definition) is 1. The monoisotopic (exact) mass is 373 g/mol. The highest BCUT2D eigenvalue weighted by Crippen LogP contribution is 2.29. The molecule has 0 spiro atoms. The van der Waals surface area contributed by atoms with E-state index in [9.17, 15) is 9.59 Å². The molecule has 1 aliphatic rings. The molecule has 2 aromatic carbocycles. The molecule has 0 unspecified atom stereocenters. The Kier molecular flexibility index (Phi) is 6.12. The first kappa shape index (κ1) is 18.3. The Hall–Kier alpha value is -2.53. The van der Waals surface area contributed by atoms with Crippen molar-refractivity contribution >= 4 is 23.5 Å². The number of fused-ring (bicyclic) bond motifs is 1. The molecule has 6 heteroatoms. The van der Waals surface area contributed by atoms with E-state index in [1.807, 2.05) is 18.2 Å². The molecule has 1 amide bonds. The number of halogens is 1. The smallest absolute Gasteiger partial charge is 0.344 e. The lowest BCUT2D eigenvalue weighted by Crippen LogP contribution is -2.34. The second-order valence-corrected chi connectivity index (χ2v) is 6.50. The minimum Gasteiger partial charge on any atom is -0.480 e. The first-order valence-electron chi connectivity index (χ1n) is 8.53. The number of carbonyl (C=O) groups excluding carboxylic acids is 2. The topological polar surface area (TPSA) is 64.6 Å². The van der Waals surface area contributed by atoms with Crippen LogP contribution in [0, 0.1) is 0 Å². The largest absolute Gasteiger partial charge is 0.480 e. The first-order valence-corrected chi connectivity index (χ1v) is 8.91. The Morgan fingerprint density at radius 3 is 2.69 bits per heavy atom. The van der Waals surface area contributed by atoms with E-state index in [-0.39, 0.29) is 25.2 Å². The minimum atomic E-state index is -0.621. The van der Waals surface area contributed by atoms with Crippen LogP contribution in [0.5, 0.6) is 5.75 Å². The first-order chi connectivity index (χ1) is 12.6. The lowest BCUT2D eigenvalue weighted by molar-refractivity contribution is -0.150. The molecule has 1 atom stereocenters. The Bertz CT molecular complexity index is 793. The van der Waals surface area contributed by atoms with Gasteiger partial charge in [-0.1, -0.05) is 48.0 Å². The molecule has 0 aliphatic heterocycles. The van der Waals surface area contributed by atoms with Crippen LogP contribution in [0.15, 0.2) is 48.5 Å². The Morgan fingerprint density at radius 1 is 1.08 bits per heavy atom. The van der Waals surface area contributed by atoms with E-state index in [1.54, 1.807) is 24.3 Å². The van der Waals surface area contributed by atoms with E-state index in [0.29, 0.717) is 10.8 Å². The normalized spacial score (nSPS) is 15.7. The fraction of sp³-hybridized carbons (Fsp3) is 0.300. The van der Waals surface area contributed by atoms with Crippen LogP contribution in [0.25, 0.3) is 0 Å². The molecule has 0 saturated heterocycles. The number of hydrogen-bond acceptors (Lipinski definition) is 4. The van der Waals surface area contributed by atoms with Crippen LogP contribution in [-0.4, -0.2) is 25.1 Å². The fourth-order valence-corrected chi connectivity index (χ4v) is 3.22. The molecule has 1 N–H and O–H groups in total. The van der Waals surface area contributed by atoms with Crippen LogP contribution in [-0.2, 0) is 20.7 Å². The second kappa shape index (κ2) is 8.72. The molecule has 136 valence electrons. The molecule has 0 fully saturated rings. The number of ether oxygens (including phenoxy) is 2. The van der Waals surface area contributed by atoms with Gasteiger partial charge in [-0.2, -0.15) is 0 Å². The molecule has 0 bridgehead atoms. The third kappa shape index (κ3) is 4.76. The van der Waals surface area contributed by atoms with Gasteiger partial charge in [-0.3, -0.25) is 4.79 Å². The maximum Gasteiger partial charge on any atom is 0.344 e. The summed E-state index contributed by atoms with van der Waals surface area (Å²) in [6.45, 7) is -0.632. The number of aryl methyl sites for hydroxylation is 1. The van der Waals surface area contributed by atoms with Gasteiger partial charge in [0, 0.05) is 0 Å². The van der Waals surface area contributed by atoms with Gasteiger partial charge in [0.1, 0.15) is 5.75 Å². The SMILES string of the molecule is O=C(COC(=O)COc1ccccc1Cl)N[C@@H]1CCCc2ccccc21. The summed E-state index contributed by atoms with van der Waals surface area (Å²) in [6, 6.07) is 14.9. The van der Waals surface area contributed by atoms with Crippen LogP contribution in [0.4, 0.5) is 0 Å². The van der Waals surface area contributed by atoms with Gasteiger partial charge in [-0.05, 0) is 42.5 Å². The van der Waals surface area contributed by atoms with Crippen molar-refractivity contribution in [1.82, 2.24) is 5.32 Å². The molecule has 0 heterocycles. The van der Waals surface area contributed by atoms with Crippen LogP contribution in [0.3, 0.4) is 0 Å². The van der Waals surface area contributed by atoms with E-state index in [4.69, 9.17) is 21.1 Å². The van der Waals surface area contributed by atoms with Crippen LogP contribution < -0.4 is 10.1 Å². The molecule has 1 aliphatic carbocycles. The average molecular weight is 374 g/mol. The van der Waals surface area contributed by atoms with Crippen LogP contribution in [0.2, 0.25) is 5.02 Å². The summed E-state index contributed by atoms with van der Waals surface area (Å²) in [5, 5.41) is 3.35. The van der Waals surface area contributed by atoms with Crippen LogP contribution in [0.1, 0.15) is 30.0 Å². The predicted molar refractivity (Wildman–Crippen MR) is 98.2 cm³/mol. The zero-order valence-corrected chi connectivity index (χ0v) is 15.0. The van der Waals surface area contributed by atoms with Crippen molar-refractivity contribution < 1.29 is 19.1 Å². The predicted octanol–water partition coefficient (Wildman–Crippen LogP) is 3.46. The summed E-state index contributed by atoms with van der Waals surface area (Å²) in [5.74, 6) is -0.545. The third-order valence-electron chi connectivity index (χ3n) is 4.25. The average Bonchev–Trinajstić information content (AvgIpc) is 2.66. The van der Waals surface area contributed by atoms with Crippen molar-refractivity contribution in [3.8, 4) is 5.75 Å². The zero-order chi connectivity index (χ0) is 18.4. The summed E-state index contributed by atoms with van der Waals surface area (Å²) < 4.78 is 10.3. The van der Waals surface area contributed by atoms with E-state index >= 15 is 0 Å². The van der Waals surface area contributed by atoms with Gasteiger partial charge >= 0.3 is 5.97 Å². The van der Waals surface area contributed by atoms with Gasteiger partial charge in [0.15, 0.2) is 13.2 Å². The summed E-state index contributed by atoms with van der Waals surface area (Å²) in [5.41, 5.74) is 2.40. The Morgan fingerprint density at radius 2 is 1.85 bits per heavy atom. The van der Waals surface area contributed by atoms with Gasteiger partial charge in [-0.15, -0.1) is 0 Å². The number of nitrogens with one attached hydrogen (secondary N) is 1. The van der Waals surface area contributed by atoms with Gasteiger partial charge in [0.05, 0.1) is 11.1 Å². The van der Waals surface area contributed by atoms with Crippen molar-refractivity contribution in [3.05, 3.63) is 64.7 Å². The summed E-state index contributed by atoms with van der Waals surface area (Å²) in [4.78, 5) is 23.9. The van der Waals surface area contributed by atoms with Crippen molar-refractivity contribution in [2.24, 2.45) is 0 Å². The third-order valence-corrected chi connectivity index (χ3v) is 4.56. The zero-order valence-electron chi connectivity index (χ0n) is 14.2. The Balaban J connectivity index is 1.44. The minimum absolute atomic E-state index is 0.0365. The van der Waals surface area contributed by atoms with Crippen LogP contribution >= 0.6 is 11.6 Å². The second-order valence-electron chi connectivity index (χ2n) is 6.09. The standard InChI is InChI=1S/C20H20ClNO4/c21-16-9-3-4-11-18(16)25-13-20(24)26-12-19(23)22-17-10-5-7-14-6-1-2-8-15(14)17/h1-4,6,8-9,11,17H,5,7,10,12-13H2,(H,22,23)/t17-/m1/s1. The summed E-state index contributed by atoms with van der Waals surface area (Å²) >= 11 is 5.94. The van der Waals surface area contributed by atoms with Crippen molar-refractivity contribution in [1.29, 1.82) is 0 Å². The quantitative estimate of drug-likeness (QED) is 0.787. The van der Waals surface area contributed by atoms with E-state index in [1.165, 1.54) is 5.56 Å². The fourth-order valence-electron chi connectivity index (χ4n) is 3.03. The maximum atomic E-state index is 12.1. The number of esters is 1. The van der Waals surface area contributed by atoms with Gasteiger partial charge in [0.2, 0.25) is 0 Å². The molecule has 2 aromatic rings. The number of amides is 1. The molecular formula is C20H20ClNO4. The Labute approximate surface area is 157 Å². The highest BCUT2D eigenvalue weighted by atomic mass is 35.5. The number of benzene rings is 2. The van der Waals surface area contributed by atoms with Gasteiger partial charge in [-0.25, -0.2) is 4.79 Å². The highest BCUT2D eigenvalue weighted by molar-refractivity contribution is 6.32. The van der Waals surface area contributed by atoms with E-state index in [2.05, 4.69) is 11.4 Å². The van der Waals surface area contributed by atoms with E-state index in [0.717, 1.165) is 24.8 Å². The number of para-hydroxylation sites is 1. The summed E-state index contributed by atoms with van der Waals surface area (Å²) in [7, 11) is 0. The lowest BCUT2D eigenvalue weighted by Gasteiger charge is -2.26. The number of rotatable bonds is 6. The molecule has 0 radical (unpaired) electrons. The molecule has 0 saturated carbocycles. The molecular weight excluding hydrogens is 354 g/mol. The molecule has 26 heavy (non-hydrogen) atoms. The van der Waals surface area contributed by atoms with Crippen molar-refractivity contribution in [2.45, 2.75) is 25.3 Å².